The molecule has 18 heavy (non-hydrogen) atoms. The molecular weight excluding hydrogens is 232 g/mol. The van der Waals surface area contributed by atoms with Gasteiger partial charge in [0.25, 0.3) is 0 Å². The molecule has 0 spiro atoms. The van der Waals surface area contributed by atoms with E-state index < -0.39 is 0 Å². The summed E-state index contributed by atoms with van der Waals surface area (Å²) in [7, 11) is 1.69. The molecular formula is C14H20O4. The molecule has 4 heteroatoms. The van der Waals surface area contributed by atoms with Crippen molar-refractivity contribution in [2.24, 2.45) is 0 Å². The van der Waals surface area contributed by atoms with E-state index in [0.717, 1.165) is 17.1 Å². The average molecular weight is 252 g/mol. The molecule has 0 aromatic heterocycles. The number of methoxy groups -OCH3 is 1. The summed E-state index contributed by atoms with van der Waals surface area (Å²) in [5, 5.41) is 9.24. The van der Waals surface area contributed by atoms with Crippen LogP contribution in [0.4, 0.5) is 0 Å². The van der Waals surface area contributed by atoms with Crippen LogP contribution in [0.15, 0.2) is 18.2 Å². The van der Waals surface area contributed by atoms with E-state index in [1.54, 1.807) is 7.11 Å². The van der Waals surface area contributed by atoms with Gasteiger partial charge in [-0.25, -0.2) is 0 Å². The average Bonchev–Trinajstić information content (AvgIpc) is 2.82. The van der Waals surface area contributed by atoms with E-state index in [1.807, 2.05) is 32.0 Å². The molecule has 0 aliphatic carbocycles. The second-order valence-corrected chi connectivity index (χ2v) is 4.99. The number of ether oxygens (including phenoxy) is 3. The Kier molecular flexibility index (Phi) is 3.78. The van der Waals surface area contributed by atoms with Gasteiger partial charge in [0.05, 0.1) is 5.60 Å². The van der Waals surface area contributed by atoms with Crippen LogP contribution in [0.25, 0.3) is 0 Å². The smallest absolute Gasteiger partial charge is 0.231 e. The number of benzene rings is 1. The third-order valence-corrected chi connectivity index (χ3v) is 3.58. The molecule has 1 N–H and O–H groups in total. The second-order valence-electron chi connectivity index (χ2n) is 4.99. The Labute approximate surface area is 107 Å². The van der Waals surface area contributed by atoms with Gasteiger partial charge >= 0.3 is 0 Å². The summed E-state index contributed by atoms with van der Waals surface area (Å²) < 4.78 is 16.2. The number of rotatable bonds is 5. The van der Waals surface area contributed by atoms with Gasteiger partial charge in [-0.15, -0.1) is 0 Å². The Morgan fingerprint density at radius 2 is 2.06 bits per heavy atom. The Balaban J connectivity index is 2.31. The predicted octanol–water partition coefficient (Wildman–Crippen LogP) is 2.31. The fourth-order valence-electron chi connectivity index (χ4n) is 2.32. The molecule has 0 saturated carbocycles. The molecule has 0 bridgehead atoms. The van der Waals surface area contributed by atoms with Gasteiger partial charge in [0.1, 0.15) is 0 Å². The van der Waals surface area contributed by atoms with Crippen molar-refractivity contribution >= 4 is 0 Å². The van der Waals surface area contributed by atoms with E-state index in [2.05, 4.69) is 0 Å². The monoisotopic (exact) mass is 252 g/mol. The molecule has 1 aromatic carbocycles. The molecule has 1 aliphatic rings. The molecule has 1 heterocycles. The van der Waals surface area contributed by atoms with Gasteiger partial charge in [-0.3, -0.25) is 0 Å². The highest BCUT2D eigenvalue weighted by atomic mass is 16.7. The lowest BCUT2D eigenvalue weighted by Crippen LogP contribution is -2.32. The first-order valence-corrected chi connectivity index (χ1v) is 6.14. The summed E-state index contributed by atoms with van der Waals surface area (Å²) >= 11 is 0. The number of aliphatic hydroxyl groups is 1. The minimum atomic E-state index is -0.337. The third-order valence-electron chi connectivity index (χ3n) is 3.58. The third kappa shape index (κ3) is 2.44. The van der Waals surface area contributed by atoms with Crippen LogP contribution < -0.4 is 9.47 Å². The van der Waals surface area contributed by atoms with E-state index in [1.165, 1.54) is 0 Å². The van der Waals surface area contributed by atoms with Crippen molar-refractivity contribution in [1.29, 1.82) is 0 Å². The van der Waals surface area contributed by atoms with Gasteiger partial charge < -0.3 is 19.3 Å². The van der Waals surface area contributed by atoms with Gasteiger partial charge in [0.2, 0.25) is 6.79 Å². The van der Waals surface area contributed by atoms with Crippen molar-refractivity contribution < 1.29 is 19.3 Å². The fourth-order valence-corrected chi connectivity index (χ4v) is 2.32. The second kappa shape index (κ2) is 5.16. The Bertz CT molecular complexity index is 414. The molecule has 1 atom stereocenters. The van der Waals surface area contributed by atoms with Gasteiger partial charge in [-0.05, 0) is 38.0 Å². The van der Waals surface area contributed by atoms with Gasteiger partial charge in [0, 0.05) is 19.6 Å². The largest absolute Gasteiger partial charge is 0.454 e. The fraction of sp³-hybridized carbons (Fsp3) is 0.571. The summed E-state index contributed by atoms with van der Waals surface area (Å²) in [6.07, 6.45) is 0.653. The zero-order valence-electron chi connectivity index (χ0n) is 11.1. The van der Waals surface area contributed by atoms with Crippen LogP contribution in [-0.4, -0.2) is 31.2 Å². The first-order valence-electron chi connectivity index (χ1n) is 6.14. The maximum absolute atomic E-state index is 9.24. The highest BCUT2D eigenvalue weighted by Crippen LogP contribution is 2.39. The van der Waals surface area contributed by atoms with Crippen LogP contribution in [0.1, 0.15) is 31.7 Å². The molecule has 1 unspecified atom stereocenters. The van der Waals surface area contributed by atoms with Crippen molar-refractivity contribution in [3.63, 3.8) is 0 Å². The summed E-state index contributed by atoms with van der Waals surface area (Å²) in [5.41, 5.74) is 0.760. The van der Waals surface area contributed by atoms with Gasteiger partial charge in [-0.2, -0.15) is 0 Å². The van der Waals surface area contributed by atoms with Crippen molar-refractivity contribution in [3.05, 3.63) is 23.8 Å². The number of hydrogen-bond donors (Lipinski definition) is 1. The van der Waals surface area contributed by atoms with Crippen LogP contribution in [0.5, 0.6) is 11.5 Å². The molecule has 4 nitrogen and oxygen atoms in total. The molecule has 0 saturated heterocycles. The summed E-state index contributed by atoms with van der Waals surface area (Å²) in [6, 6.07) is 5.89. The molecule has 0 radical (unpaired) electrons. The zero-order valence-corrected chi connectivity index (χ0v) is 11.1. The van der Waals surface area contributed by atoms with E-state index in [4.69, 9.17) is 14.2 Å². The highest BCUT2D eigenvalue weighted by molar-refractivity contribution is 5.45. The van der Waals surface area contributed by atoms with Crippen molar-refractivity contribution in [1.82, 2.24) is 0 Å². The first-order chi connectivity index (χ1) is 8.58. The van der Waals surface area contributed by atoms with Crippen LogP contribution in [0, 0.1) is 0 Å². The topological polar surface area (TPSA) is 47.9 Å². The molecule has 2 rings (SSSR count). The molecule has 0 amide bonds. The normalized spacial score (nSPS) is 15.8. The van der Waals surface area contributed by atoms with E-state index >= 15 is 0 Å². The Morgan fingerprint density at radius 3 is 2.72 bits per heavy atom. The summed E-state index contributed by atoms with van der Waals surface area (Å²) in [6.45, 7) is 4.46. The number of aliphatic hydroxyl groups excluding tert-OH is 1. The molecule has 100 valence electrons. The van der Waals surface area contributed by atoms with E-state index in [9.17, 15) is 5.11 Å². The maximum atomic E-state index is 9.24. The quantitative estimate of drug-likeness (QED) is 0.873. The minimum absolute atomic E-state index is 0.113. The number of hydrogen-bond acceptors (Lipinski definition) is 4. The van der Waals surface area contributed by atoms with Crippen molar-refractivity contribution in [2.75, 3.05) is 20.5 Å². The molecule has 1 aliphatic heterocycles. The summed E-state index contributed by atoms with van der Waals surface area (Å²) in [4.78, 5) is 0. The lowest BCUT2D eigenvalue weighted by molar-refractivity contribution is -0.00779. The SMILES string of the molecule is COC(C)(C)C(CCO)c1ccc2c(c1)OCO2. The van der Waals surface area contributed by atoms with E-state index in [0.29, 0.717) is 6.42 Å². The highest BCUT2D eigenvalue weighted by Gasteiger charge is 2.31. The van der Waals surface area contributed by atoms with Crippen molar-refractivity contribution in [3.8, 4) is 11.5 Å². The number of fused-ring (bicyclic) bond motifs is 1. The summed E-state index contributed by atoms with van der Waals surface area (Å²) in [5.74, 6) is 1.65. The van der Waals surface area contributed by atoms with E-state index in [-0.39, 0.29) is 24.9 Å². The van der Waals surface area contributed by atoms with Gasteiger partial charge in [0.15, 0.2) is 11.5 Å². The zero-order chi connectivity index (χ0) is 13.2. The van der Waals surface area contributed by atoms with Gasteiger partial charge in [-0.1, -0.05) is 6.07 Å². The van der Waals surface area contributed by atoms with Crippen LogP contribution in [0.3, 0.4) is 0 Å². The lowest BCUT2D eigenvalue weighted by Gasteiger charge is -2.33. The van der Waals surface area contributed by atoms with Crippen molar-refractivity contribution in [2.45, 2.75) is 31.8 Å². The predicted molar refractivity (Wildman–Crippen MR) is 68.1 cm³/mol. The van der Waals surface area contributed by atoms with Crippen LogP contribution in [0.2, 0.25) is 0 Å². The minimum Gasteiger partial charge on any atom is -0.454 e. The first kappa shape index (κ1) is 13.2. The maximum Gasteiger partial charge on any atom is 0.231 e. The molecule has 0 fully saturated rings. The lowest BCUT2D eigenvalue weighted by atomic mass is 9.82. The van der Waals surface area contributed by atoms with Crippen LogP contribution >= 0.6 is 0 Å². The Hall–Kier alpha value is -1.26. The standard InChI is InChI=1S/C14H20O4/c1-14(2,16-3)11(6-7-15)10-4-5-12-13(8-10)18-9-17-12/h4-5,8,11,15H,6-7,9H2,1-3H3. The Morgan fingerprint density at radius 1 is 1.33 bits per heavy atom. The van der Waals surface area contributed by atoms with Crippen LogP contribution in [-0.2, 0) is 4.74 Å². The molecule has 1 aromatic rings.